The molecule has 0 amide bonds. The molecule has 4 rings (SSSR count). The van der Waals surface area contributed by atoms with Gasteiger partial charge in [0.25, 0.3) is 0 Å². The molecule has 1 saturated heterocycles. The van der Waals surface area contributed by atoms with Crippen LogP contribution in [0.3, 0.4) is 0 Å². The van der Waals surface area contributed by atoms with E-state index in [0.29, 0.717) is 17.9 Å². The number of rotatable bonds is 5. The number of hydrogen-bond donors (Lipinski definition) is 1. The topological polar surface area (TPSA) is 77.8 Å². The van der Waals surface area contributed by atoms with Crippen molar-refractivity contribution < 1.29 is 4.74 Å². The van der Waals surface area contributed by atoms with Crippen molar-refractivity contribution in [2.75, 3.05) is 18.5 Å². The van der Waals surface area contributed by atoms with E-state index in [1.54, 1.807) is 0 Å². The summed E-state index contributed by atoms with van der Waals surface area (Å²) in [6.07, 6.45) is 2.45. The predicted molar refractivity (Wildman–Crippen MR) is 90.9 cm³/mol. The zero-order chi connectivity index (χ0) is 16.4. The van der Waals surface area contributed by atoms with Gasteiger partial charge >= 0.3 is 0 Å². The monoisotopic (exact) mass is 324 g/mol. The third-order valence-electron chi connectivity index (χ3n) is 4.17. The lowest BCUT2D eigenvalue weighted by Gasteiger charge is -2.11. The summed E-state index contributed by atoms with van der Waals surface area (Å²) in [6, 6.07) is 10.2. The molecule has 1 fully saturated rings. The van der Waals surface area contributed by atoms with Gasteiger partial charge in [-0.1, -0.05) is 35.5 Å². The maximum atomic E-state index is 5.65. The lowest BCUT2D eigenvalue weighted by Crippen LogP contribution is -2.19. The van der Waals surface area contributed by atoms with E-state index in [4.69, 9.17) is 4.74 Å². The van der Waals surface area contributed by atoms with Crippen molar-refractivity contribution in [2.45, 2.75) is 32.4 Å². The molecule has 3 aromatic rings. The number of fused-ring (bicyclic) bond motifs is 1. The van der Waals surface area contributed by atoms with E-state index in [-0.39, 0.29) is 6.10 Å². The molecule has 0 radical (unpaired) electrons. The minimum absolute atomic E-state index is 0.245. The van der Waals surface area contributed by atoms with E-state index < -0.39 is 0 Å². The molecule has 0 spiro atoms. The Bertz CT molecular complexity index is 826. The van der Waals surface area contributed by atoms with Gasteiger partial charge in [0.1, 0.15) is 5.82 Å². The Labute approximate surface area is 140 Å². The van der Waals surface area contributed by atoms with Crippen molar-refractivity contribution in [3.05, 3.63) is 41.7 Å². The number of nitrogens with zero attached hydrogens (tertiary/aromatic N) is 5. The first-order chi connectivity index (χ1) is 11.8. The van der Waals surface area contributed by atoms with Gasteiger partial charge < -0.3 is 10.1 Å². The summed E-state index contributed by atoms with van der Waals surface area (Å²) in [7, 11) is 0. The predicted octanol–water partition coefficient (Wildman–Crippen LogP) is 2.17. The van der Waals surface area contributed by atoms with Crippen LogP contribution in [-0.2, 0) is 11.3 Å². The maximum Gasteiger partial charge on any atom is 0.184 e. The van der Waals surface area contributed by atoms with Gasteiger partial charge in [-0.2, -0.15) is 0 Å². The van der Waals surface area contributed by atoms with Crippen LogP contribution < -0.4 is 5.32 Å². The molecule has 2 aromatic heterocycles. The summed E-state index contributed by atoms with van der Waals surface area (Å²) in [6.45, 7) is 4.10. The Balaban J connectivity index is 1.61. The van der Waals surface area contributed by atoms with Crippen LogP contribution >= 0.6 is 0 Å². The summed E-state index contributed by atoms with van der Waals surface area (Å²) in [5.41, 5.74) is 2.62. The molecule has 124 valence electrons. The van der Waals surface area contributed by atoms with Crippen molar-refractivity contribution in [2.24, 2.45) is 0 Å². The Morgan fingerprint density at radius 2 is 2.12 bits per heavy atom. The number of benzene rings is 1. The Morgan fingerprint density at radius 1 is 1.25 bits per heavy atom. The van der Waals surface area contributed by atoms with E-state index in [9.17, 15) is 0 Å². The van der Waals surface area contributed by atoms with E-state index >= 15 is 0 Å². The fourth-order valence-corrected chi connectivity index (χ4v) is 2.97. The highest BCUT2D eigenvalue weighted by atomic mass is 16.5. The first-order valence-electron chi connectivity index (χ1n) is 8.27. The Morgan fingerprint density at radius 3 is 2.92 bits per heavy atom. The molecule has 7 heteroatoms. The lowest BCUT2D eigenvalue weighted by molar-refractivity contribution is 0.120. The second-order valence-electron chi connectivity index (χ2n) is 6.04. The van der Waals surface area contributed by atoms with Gasteiger partial charge in [-0.05, 0) is 25.3 Å². The summed E-state index contributed by atoms with van der Waals surface area (Å²) in [4.78, 5) is 9.02. The highest BCUT2D eigenvalue weighted by Gasteiger charge is 2.18. The van der Waals surface area contributed by atoms with Crippen LogP contribution in [0.25, 0.3) is 11.2 Å². The molecule has 7 nitrogen and oxygen atoms in total. The molecule has 1 atom stereocenters. The van der Waals surface area contributed by atoms with Crippen molar-refractivity contribution in [1.82, 2.24) is 25.0 Å². The third-order valence-corrected chi connectivity index (χ3v) is 4.17. The highest BCUT2D eigenvalue weighted by molar-refractivity contribution is 5.82. The minimum atomic E-state index is 0.245. The van der Waals surface area contributed by atoms with E-state index in [2.05, 4.69) is 37.7 Å². The van der Waals surface area contributed by atoms with Gasteiger partial charge in [-0.3, -0.25) is 0 Å². The quantitative estimate of drug-likeness (QED) is 0.775. The van der Waals surface area contributed by atoms with Gasteiger partial charge in [0.05, 0.1) is 12.6 Å². The van der Waals surface area contributed by atoms with Crippen LogP contribution in [0.5, 0.6) is 0 Å². The first-order valence-corrected chi connectivity index (χ1v) is 8.27. The van der Waals surface area contributed by atoms with Crippen molar-refractivity contribution in [3.8, 4) is 0 Å². The number of nitrogens with one attached hydrogen (secondary N) is 1. The largest absolute Gasteiger partial charge is 0.376 e. The SMILES string of the molecule is Cc1nc(NC[C@@H]2CCCO2)c2nnn(Cc3ccccc3)c2n1. The van der Waals surface area contributed by atoms with Crippen LogP contribution in [0.15, 0.2) is 30.3 Å². The average Bonchev–Trinajstić information content (AvgIpc) is 3.24. The van der Waals surface area contributed by atoms with Crippen molar-refractivity contribution >= 4 is 17.0 Å². The minimum Gasteiger partial charge on any atom is -0.376 e. The van der Waals surface area contributed by atoms with Crippen LogP contribution in [0.4, 0.5) is 5.82 Å². The number of aromatic nitrogens is 5. The smallest absolute Gasteiger partial charge is 0.184 e. The van der Waals surface area contributed by atoms with Crippen LogP contribution in [-0.4, -0.2) is 44.2 Å². The van der Waals surface area contributed by atoms with Crippen LogP contribution in [0.1, 0.15) is 24.2 Å². The molecule has 0 aliphatic carbocycles. The lowest BCUT2D eigenvalue weighted by atomic mass is 10.2. The Kier molecular flexibility index (Phi) is 4.08. The zero-order valence-corrected chi connectivity index (χ0v) is 13.6. The van der Waals surface area contributed by atoms with Gasteiger partial charge in [0, 0.05) is 13.2 Å². The summed E-state index contributed by atoms with van der Waals surface area (Å²) in [5.74, 6) is 1.43. The number of aryl methyl sites for hydroxylation is 1. The fourth-order valence-electron chi connectivity index (χ4n) is 2.97. The third kappa shape index (κ3) is 3.07. The molecule has 1 N–H and O–H groups in total. The van der Waals surface area contributed by atoms with E-state index in [0.717, 1.165) is 43.0 Å². The zero-order valence-electron chi connectivity index (χ0n) is 13.6. The van der Waals surface area contributed by atoms with Gasteiger partial charge in [0.2, 0.25) is 0 Å². The molecule has 3 heterocycles. The molecule has 1 aromatic carbocycles. The van der Waals surface area contributed by atoms with Crippen LogP contribution in [0, 0.1) is 6.92 Å². The molecular formula is C17H20N6O. The maximum absolute atomic E-state index is 5.65. The van der Waals surface area contributed by atoms with Crippen molar-refractivity contribution in [3.63, 3.8) is 0 Å². The standard InChI is InChI=1S/C17H20N6O/c1-12-19-16(18-10-14-8-5-9-24-14)15-17(20-12)23(22-21-15)11-13-6-3-2-4-7-13/h2-4,6-7,14H,5,8-11H2,1H3,(H,18,19,20)/t14-/m0/s1. The molecule has 24 heavy (non-hydrogen) atoms. The number of ether oxygens (including phenoxy) is 1. The first kappa shape index (κ1) is 15.0. The molecular weight excluding hydrogens is 304 g/mol. The molecule has 1 aliphatic rings. The number of hydrogen-bond acceptors (Lipinski definition) is 6. The molecule has 0 unspecified atom stereocenters. The Hall–Kier alpha value is -2.54. The summed E-state index contributed by atoms with van der Waals surface area (Å²) >= 11 is 0. The van der Waals surface area contributed by atoms with Gasteiger partial charge in [0.15, 0.2) is 17.0 Å². The second-order valence-corrected chi connectivity index (χ2v) is 6.04. The van der Waals surface area contributed by atoms with Gasteiger partial charge in [-0.25, -0.2) is 14.6 Å². The van der Waals surface area contributed by atoms with Crippen molar-refractivity contribution in [1.29, 1.82) is 0 Å². The molecule has 1 aliphatic heterocycles. The van der Waals surface area contributed by atoms with Crippen LogP contribution in [0.2, 0.25) is 0 Å². The van der Waals surface area contributed by atoms with E-state index in [1.165, 1.54) is 0 Å². The summed E-state index contributed by atoms with van der Waals surface area (Å²) < 4.78 is 7.47. The second kappa shape index (κ2) is 6.52. The molecule has 0 bridgehead atoms. The molecule has 0 saturated carbocycles. The summed E-state index contributed by atoms with van der Waals surface area (Å²) in [5, 5.41) is 11.9. The average molecular weight is 324 g/mol. The van der Waals surface area contributed by atoms with E-state index in [1.807, 2.05) is 29.8 Å². The fraction of sp³-hybridized carbons (Fsp3) is 0.412. The normalized spacial score (nSPS) is 17.5. The van der Waals surface area contributed by atoms with Gasteiger partial charge in [-0.15, -0.1) is 5.10 Å². The number of anilines is 1. The highest BCUT2D eigenvalue weighted by Crippen LogP contribution is 2.20.